The zero-order chi connectivity index (χ0) is 19.6. The monoisotopic (exact) mass is 371 g/mol. The molecular weight excluding hydrogens is 354 g/mol. The molecule has 0 bridgehead atoms. The van der Waals surface area contributed by atoms with E-state index >= 15 is 0 Å². The third-order valence-corrected chi connectivity index (χ3v) is 3.98. The molecule has 0 aliphatic carbocycles. The number of aliphatic carboxylic acids is 2. The van der Waals surface area contributed by atoms with Crippen LogP contribution in [0.5, 0.6) is 0 Å². The molecule has 2 heterocycles. The normalized spacial score (nSPS) is 11.0. The maximum atomic E-state index is 12.3. The number of nitrogens with two attached hydrogens (primary N) is 1. The minimum atomic E-state index is -0.981. The van der Waals surface area contributed by atoms with Crippen molar-refractivity contribution in [3.8, 4) is 0 Å². The zero-order valence-electron chi connectivity index (χ0n) is 14.2. The van der Waals surface area contributed by atoms with Gasteiger partial charge in [-0.25, -0.2) is 14.8 Å². The van der Waals surface area contributed by atoms with Crippen LogP contribution in [0.15, 0.2) is 29.1 Å². The third kappa shape index (κ3) is 4.11. The Morgan fingerprint density at radius 3 is 2.37 bits per heavy atom. The van der Waals surface area contributed by atoms with Crippen LogP contribution in [0.2, 0.25) is 0 Å². The fourth-order valence-electron chi connectivity index (χ4n) is 2.70. The highest BCUT2D eigenvalue weighted by molar-refractivity contribution is 5.81. The van der Waals surface area contributed by atoms with Gasteiger partial charge >= 0.3 is 17.6 Å². The van der Waals surface area contributed by atoms with E-state index in [4.69, 9.17) is 15.9 Å². The number of fused-ring (bicyclic) bond motifs is 1. The van der Waals surface area contributed by atoms with Crippen LogP contribution in [0.25, 0.3) is 11.2 Å². The number of hydrogen-bond donors (Lipinski definition) is 4. The molecule has 0 fully saturated rings. The first-order chi connectivity index (χ1) is 12.8. The lowest BCUT2D eigenvalue weighted by atomic mass is 10.1. The summed E-state index contributed by atoms with van der Waals surface area (Å²) in [6.07, 6.45) is -0.132. The maximum Gasteiger partial charge on any atom is 0.328 e. The highest BCUT2D eigenvalue weighted by atomic mass is 16.4. The Labute approximate surface area is 152 Å². The van der Waals surface area contributed by atoms with Crippen molar-refractivity contribution in [3.63, 3.8) is 0 Å². The lowest BCUT2D eigenvalue weighted by Gasteiger charge is -2.06. The van der Waals surface area contributed by atoms with Crippen LogP contribution in [-0.2, 0) is 29.0 Å². The molecule has 0 amide bonds. The highest BCUT2D eigenvalue weighted by Gasteiger charge is 2.15. The molecule has 0 aliphatic heterocycles. The van der Waals surface area contributed by atoms with Gasteiger partial charge in [0.25, 0.3) is 0 Å². The van der Waals surface area contributed by atoms with Gasteiger partial charge in [-0.1, -0.05) is 24.3 Å². The van der Waals surface area contributed by atoms with Crippen molar-refractivity contribution in [2.24, 2.45) is 0 Å². The van der Waals surface area contributed by atoms with Gasteiger partial charge in [0.2, 0.25) is 0 Å². The molecule has 27 heavy (non-hydrogen) atoms. The van der Waals surface area contributed by atoms with Crippen molar-refractivity contribution < 1.29 is 19.8 Å². The van der Waals surface area contributed by atoms with Gasteiger partial charge in [0.05, 0.1) is 19.4 Å². The van der Waals surface area contributed by atoms with Crippen molar-refractivity contribution in [3.05, 3.63) is 51.7 Å². The van der Waals surface area contributed by atoms with Gasteiger partial charge in [-0.05, 0) is 11.1 Å². The quantitative estimate of drug-likeness (QED) is 0.463. The van der Waals surface area contributed by atoms with Crippen LogP contribution in [0.3, 0.4) is 0 Å². The van der Waals surface area contributed by atoms with Crippen LogP contribution in [0.4, 0.5) is 5.82 Å². The Morgan fingerprint density at radius 2 is 1.74 bits per heavy atom. The first kappa shape index (κ1) is 18.1. The topological polar surface area (TPSA) is 164 Å². The summed E-state index contributed by atoms with van der Waals surface area (Å²) in [4.78, 5) is 44.7. The highest BCUT2D eigenvalue weighted by Crippen LogP contribution is 2.16. The molecule has 0 saturated heterocycles. The molecule has 0 radical (unpaired) electrons. The Bertz CT molecular complexity index is 1070. The van der Waals surface area contributed by atoms with Crippen molar-refractivity contribution in [1.82, 2.24) is 19.5 Å². The molecule has 10 heteroatoms. The van der Waals surface area contributed by atoms with Crippen LogP contribution in [0.1, 0.15) is 23.4 Å². The number of aromatic nitrogens is 4. The van der Waals surface area contributed by atoms with E-state index in [1.54, 1.807) is 24.3 Å². The number of H-pyrrole nitrogens is 1. The van der Waals surface area contributed by atoms with Gasteiger partial charge in [0, 0.05) is 6.42 Å². The smallest absolute Gasteiger partial charge is 0.328 e. The first-order valence-electron chi connectivity index (χ1n) is 8.10. The largest absolute Gasteiger partial charge is 0.481 e. The second-order valence-electron chi connectivity index (χ2n) is 6.02. The molecule has 3 rings (SSSR count). The Morgan fingerprint density at radius 1 is 1.07 bits per heavy atom. The fourth-order valence-corrected chi connectivity index (χ4v) is 2.70. The minimum Gasteiger partial charge on any atom is -0.481 e. The number of carboxylic acid groups (broad SMARTS) is 2. The number of imidazole rings is 1. The van der Waals surface area contributed by atoms with E-state index in [2.05, 4.69) is 15.0 Å². The summed E-state index contributed by atoms with van der Waals surface area (Å²) < 4.78 is 1.38. The number of nitrogens with zero attached hydrogens (tertiary/aromatic N) is 3. The standard InChI is InChI=1S/C17H17N5O5/c18-15-14-16(20-11(19-15)5-6-12(23)24)22(17(27)21-14)8-10-3-1-9(2-4-10)7-13(25)26/h1-4H,5-8H2,(H,21,27)(H,23,24)(H,25,26)(H2,18,19,20). The van der Waals surface area contributed by atoms with Crippen LogP contribution >= 0.6 is 0 Å². The summed E-state index contributed by atoms with van der Waals surface area (Å²) in [5.74, 6) is -1.58. The van der Waals surface area contributed by atoms with Crippen molar-refractivity contribution in [2.45, 2.75) is 25.8 Å². The maximum absolute atomic E-state index is 12.3. The minimum absolute atomic E-state index is 0.0769. The average molecular weight is 371 g/mol. The van der Waals surface area contributed by atoms with Crippen LogP contribution in [0, 0.1) is 0 Å². The van der Waals surface area contributed by atoms with E-state index in [1.807, 2.05) is 0 Å². The zero-order valence-corrected chi connectivity index (χ0v) is 14.2. The van der Waals surface area contributed by atoms with E-state index in [-0.39, 0.29) is 37.4 Å². The van der Waals surface area contributed by atoms with Gasteiger partial charge in [0.15, 0.2) is 11.5 Å². The number of aromatic amines is 1. The number of hydrogen-bond acceptors (Lipinski definition) is 6. The van der Waals surface area contributed by atoms with Crippen molar-refractivity contribution >= 4 is 28.9 Å². The summed E-state index contributed by atoms with van der Waals surface area (Å²) >= 11 is 0. The second kappa shape index (κ2) is 7.28. The summed E-state index contributed by atoms with van der Waals surface area (Å²) in [7, 11) is 0. The second-order valence-corrected chi connectivity index (χ2v) is 6.02. The number of nitrogen functional groups attached to an aromatic ring is 1. The number of aryl methyl sites for hydroxylation is 1. The molecule has 0 atom stereocenters. The van der Waals surface area contributed by atoms with Crippen molar-refractivity contribution in [2.75, 3.05) is 5.73 Å². The Hall–Kier alpha value is -3.69. The van der Waals surface area contributed by atoms with E-state index < -0.39 is 17.6 Å². The molecule has 1 aromatic carbocycles. The number of carboxylic acids is 2. The number of benzene rings is 1. The van der Waals surface area contributed by atoms with Gasteiger partial charge in [-0.2, -0.15) is 0 Å². The van der Waals surface area contributed by atoms with Gasteiger partial charge in [-0.3, -0.25) is 14.2 Å². The van der Waals surface area contributed by atoms with Crippen LogP contribution < -0.4 is 11.4 Å². The third-order valence-electron chi connectivity index (χ3n) is 3.98. The number of carbonyl (C=O) groups is 2. The molecule has 5 N–H and O–H groups in total. The molecule has 2 aromatic heterocycles. The van der Waals surface area contributed by atoms with Gasteiger partial charge < -0.3 is 20.9 Å². The molecule has 140 valence electrons. The summed E-state index contributed by atoms with van der Waals surface area (Å²) in [6, 6.07) is 6.84. The Balaban J connectivity index is 1.93. The molecule has 0 unspecified atom stereocenters. The predicted octanol–water partition coefficient (Wildman–Crippen LogP) is 0.394. The Kier molecular flexibility index (Phi) is 4.88. The molecular formula is C17H17N5O5. The lowest BCUT2D eigenvalue weighted by Crippen LogP contribution is -2.18. The molecule has 3 aromatic rings. The molecule has 0 aliphatic rings. The lowest BCUT2D eigenvalue weighted by molar-refractivity contribution is -0.137. The fraction of sp³-hybridized carbons (Fsp3) is 0.235. The number of rotatable bonds is 7. The van der Waals surface area contributed by atoms with E-state index in [0.29, 0.717) is 16.7 Å². The summed E-state index contributed by atoms with van der Waals surface area (Å²) in [6.45, 7) is 0.195. The number of nitrogens with one attached hydrogen (secondary N) is 1. The van der Waals surface area contributed by atoms with E-state index in [9.17, 15) is 14.4 Å². The molecule has 10 nitrogen and oxygen atoms in total. The van der Waals surface area contributed by atoms with Gasteiger partial charge in [0.1, 0.15) is 11.3 Å². The van der Waals surface area contributed by atoms with Crippen LogP contribution in [-0.4, -0.2) is 41.7 Å². The molecule has 0 spiro atoms. The molecule has 0 saturated carbocycles. The summed E-state index contributed by atoms with van der Waals surface area (Å²) in [5, 5.41) is 17.6. The van der Waals surface area contributed by atoms with Gasteiger partial charge in [-0.15, -0.1) is 0 Å². The van der Waals surface area contributed by atoms with E-state index in [1.165, 1.54) is 4.57 Å². The van der Waals surface area contributed by atoms with E-state index in [0.717, 1.165) is 5.56 Å². The number of anilines is 1. The average Bonchev–Trinajstić information content (AvgIpc) is 2.91. The first-order valence-corrected chi connectivity index (χ1v) is 8.10. The SMILES string of the molecule is Nc1nc(CCC(=O)O)nc2c1[nH]c(=O)n2Cc1ccc(CC(=O)O)cc1. The van der Waals surface area contributed by atoms with Crippen molar-refractivity contribution in [1.29, 1.82) is 0 Å². The predicted molar refractivity (Wildman–Crippen MR) is 95.4 cm³/mol. The summed E-state index contributed by atoms with van der Waals surface area (Å²) in [5.41, 5.74) is 7.46.